The van der Waals surface area contributed by atoms with Crippen molar-refractivity contribution in [2.75, 3.05) is 13.2 Å². The number of hydrogen-bond acceptors (Lipinski definition) is 5. The highest BCUT2D eigenvalue weighted by molar-refractivity contribution is 6.00. The smallest absolute Gasteiger partial charge is 0.273 e. The predicted octanol–water partition coefficient (Wildman–Crippen LogP) is 5.72. The van der Waals surface area contributed by atoms with Gasteiger partial charge in [-0.3, -0.25) is 9.89 Å². The zero-order valence-corrected chi connectivity index (χ0v) is 21.1. The third-order valence-electron chi connectivity index (χ3n) is 6.46. The van der Waals surface area contributed by atoms with Crippen LogP contribution in [0.3, 0.4) is 0 Å². The van der Waals surface area contributed by atoms with Crippen LogP contribution in [-0.4, -0.2) is 45.4 Å². The highest BCUT2D eigenvalue weighted by atomic mass is 16.5. The van der Waals surface area contributed by atoms with Crippen LogP contribution in [0.15, 0.2) is 78.9 Å². The molecule has 0 radical (unpaired) electrons. The number of aromatic amines is 1. The Morgan fingerprint density at radius 1 is 1.00 bits per heavy atom. The monoisotopic (exact) mass is 497 g/mol. The first-order valence-corrected chi connectivity index (χ1v) is 12.6. The number of aromatic nitrogens is 2. The van der Waals surface area contributed by atoms with E-state index in [9.17, 15) is 9.90 Å². The molecule has 0 unspecified atom stereocenters. The SMILES string of the molecule is CC(C)OCCCN1C(=O)c2[nH]nc(-c3ccccc3O)c2[C@@H]1c1ccc(OCc2ccccc2)cc1. The number of para-hydroxylation sites is 1. The standard InChI is InChI=1S/C30H31N3O4/c1-20(2)36-18-8-17-33-29(22-13-15-23(16-14-22)37-19-21-9-4-3-5-10-21)26-27(31-32-28(26)30(33)35)24-11-6-7-12-25(24)34/h3-7,9-16,20,29,34H,8,17-19H2,1-2H3,(H,31,32)/t29-/m0/s1. The van der Waals surface area contributed by atoms with E-state index in [-0.39, 0.29) is 23.8 Å². The number of hydrogen-bond donors (Lipinski definition) is 2. The second-order valence-corrected chi connectivity index (χ2v) is 9.40. The van der Waals surface area contributed by atoms with Crippen molar-refractivity contribution >= 4 is 5.91 Å². The first kappa shape index (κ1) is 24.6. The number of fused-ring (bicyclic) bond motifs is 1. The normalized spacial score (nSPS) is 14.8. The van der Waals surface area contributed by atoms with E-state index in [1.54, 1.807) is 12.1 Å². The fourth-order valence-electron chi connectivity index (χ4n) is 4.69. The maximum Gasteiger partial charge on any atom is 0.273 e. The van der Waals surface area contributed by atoms with Crippen molar-refractivity contribution in [3.8, 4) is 22.8 Å². The third kappa shape index (κ3) is 5.22. The lowest BCUT2D eigenvalue weighted by molar-refractivity contribution is 0.0601. The van der Waals surface area contributed by atoms with Crippen molar-refractivity contribution in [1.29, 1.82) is 0 Å². The molecule has 0 fully saturated rings. The van der Waals surface area contributed by atoms with Gasteiger partial charge in [-0.15, -0.1) is 0 Å². The number of carbonyl (C=O) groups excluding carboxylic acids is 1. The number of nitrogens with one attached hydrogen (secondary N) is 1. The molecule has 37 heavy (non-hydrogen) atoms. The minimum Gasteiger partial charge on any atom is -0.507 e. The van der Waals surface area contributed by atoms with Crippen LogP contribution in [0.25, 0.3) is 11.3 Å². The molecule has 1 aliphatic heterocycles. The quantitative estimate of drug-likeness (QED) is 0.274. The van der Waals surface area contributed by atoms with E-state index >= 15 is 0 Å². The van der Waals surface area contributed by atoms with Crippen LogP contribution in [0, 0.1) is 0 Å². The Balaban J connectivity index is 1.45. The Morgan fingerprint density at radius 3 is 2.46 bits per heavy atom. The van der Waals surface area contributed by atoms with Crippen molar-refractivity contribution in [1.82, 2.24) is 15.1 Å². The number of amides is 1. The van der Waals surface area contributed by atoms with E-state index in [1.807, 2.05) is 85.5 Å². The van der Waals surface area contributed by atoms with Crippen LogP contribution in [0.1, 0.15) is 53.5 Å². The van der Waals surface area contributed by atoms with Crippen molar-refractivity contribution in [3.63, 3.8) is 0 Å². The number of benzene rings is 3. The summed E-state index contributed by atoms with van der Waals surface area (Å²) in [7, 11) is 0. The summed E-state index contributed by atoms with van der Waals surface area (Å²) in [6.07, 6.45) is 0.848. The molecule has 7 nitrogen and oxygen atoms in total. The van der Waals surface area contributed by atoms with E-state index < -0.39 is 0 Å². The van der Waals surface area contributed by atoms with Crippen LogP contribution < -0.4 is 4.74 Å². The second-order valence-electron chi connectivity index (χ2n) is 9.40. The number of H-pyrrole nitrogens is 1. The summed E-state index contributed by atoms with van der Waals surface area (Å²) in [4.78, 5) is 15.3. The van der Waals surface area contributed by atoms with E-state index in [2.05, 4.69) is 10.2 Å². The summed E-state index contributed by atoms with van der Waals surface area (Å²) in [6.45, 7) is 5.58. The van der Waals surface area contributed by atoms with Gasteiger partial charge in [0.1, 0.15) is 29.5 Å². The van der Waals surface area contributed by atoms with E-state index in [1.165, 1.54) is 0 Å². The molecular weight excluding hydrogens is 466 g/mol. The van der Waals surface area contributed by atoms with Crippen LogP contribution >= 0.6 is 0 Å². The summed E-state index contributed by atoms with van der Waals surface area (Å²) in [6, 6.07) is 24.6. The van der Waals surface area contributed by atoms with Gasteiger partial charge < -0.3 is 19.5 Å². The average Bonchev–Trinajstić information content (AvgIpc) is 3.45. The molecule has 190 valence electrons. The number of nitrogens with zero attached hydrogens (tertiary/aromatic N) is 2. The molecule has 4 aromatic rings. The fraction of sp³-hybridized carbons (Fsp3) is 0.267. The lowest BCUT2D eigenvalue weighted by Gasteiger charge is -2.27. The van der Waals surface area contributed by atoms with Crippen molar-refractivity contribution < 1.29 is 19.4 Å². The van der Waals surface area contributed by atoms with Gasteiger partial charge in [-0.25, -0.2) is 0 Å². The number of carbonyl (C=O) groups is 1. The summed E-state index contributed by atoms with van der Waals surface area (Å²) >= 11 is 0. The first-order chi connectivity index (χ1) is 18.0. The lowest BCUT2D eigenvalue weighted by atomic mass is 9.95. The van der Waals surface area contributed by atoms with Gasteiger partial charge in [0.2, 0.25) is 0 Å². The molecule has 0 saturated carbocycles. The summed E-state index contributed by atoms with van der Waals surface area (Å²) in [5.74, 6) is 0.765. The van der Waals surface area contributed by atoms with Gasteiger partial charge in [-0.1, -0.05) is 54.6 Å². The minimum atomic E-state index is -0.349. The Kier molecular flexibility index (Phi) is 7.23. The maximum atomic E-state index is 13.5. The van der Waals surface area contributed by atoms with Gasteiger partial charge in [0.05, 0.1) is 12.1 Å². The Labute approximate surface area is 216 Å². The minimum absolute atomic E-state index is 0.108. The molecule has 0 bridgehead atoms. The zero-order chi connectivity index (χ0) is 25.8. The summed E-state index contributed by atoms with van der Waals surface area (Å²) < 4.78 is 11.7. The largest absolute Gasteiger partial charge is 0.507 e. The van der Waals surface area contributed by atoms with Gasteiger partial charge in [0.25, 0.3) is 5.91 Å². The third-order valence-corrected chi connectivity index (χ3v) is 6.46. The molecule has 0 saturated heterocycles. The Bertz CT molecular complexity index is 1350. The summed E-state index contributed by atoms with van der Waals surface area (Å²) in [5.41, 5.74) is 4.44. The van der Waals surface area contributed by atoms with E-state index in [0.717, 1.165) is 22.4 Å². The van der Waals surface area contributed by atoms with Crippen LogP contribution in [0.4, 0.5) is 0 Å². The molecule has 1 atom stereocenters. The Hall–Kier alpha value is -4.10. The number of aromatic hydroxyl groups is 1. The molecule has 1 aliphatic rings. The molecule has 1 amide bonds. The molecule has 0 spiro atoms. The molecule has 7 heteroatoms. The average molecular weight is 498 g/mol. The van der Waals surface area contributed by atoms with Crippen molar-refractivity contribution in [2.45, 2.75) is 39.0 Å². The highest BCUT2D eigenvalue weighted by Gasteiger charge is 2.42. The molecule has 5 rings (SSSR count). The van der Waals surface area contributed by atoms with Gasteiger partial charge in [0.15, 0.2) is 0 Å². The number of rotatable bonds is 10. The summed E-state index contributed by atoms with van der Waals surface area (Å²) in [5, 5.41) is 17.9. The van der Waals surface area contributed by atoms with Gasteiger partial charge in [0, 0.05) is 24.3 Å². The molecule has 1 aromatic heterocycles. The van der Waals surface area contributed by atoms with Gasteiger partial charge in [-0.05, 0) is 55.7 Å². The molecule has 2 heterocycles. The van der Waals surface area contributed by atoms with E-state index in [0.29, 0.717) is 43.1 Å². The fourth-order valence-corrected chi connectivity index (χ4v) is 4.69. The van der Waals surface area contributed by atoms with Crippen LogP contribution in [0.5, 0.6) is 11.5 Å². The lowest BCUT2D eigenvalue weighted by Crippen LogP contribution is -2.31. The number of phenols is 1. The van der Waals surface area contributed by atoms with Crippen molar-refractivity contribution in [3.05, 3.63) is 101 Å². The molecular formula is C30H31N3O4. The Morgan fingerprint density at radius 2 is 1.73 bits per heavy atom. The molecule has 2 N–H and O–H groups in total. The molecule has 3 aromatic carbocycles. The highest BCUT2D eigenvalue weighted by Crippen LogP contribution is 2.44. The van der Waals surface area contributed by atoms with Crippen LogP contribution in [0.2, 0.25) is 0 Å². The second kappa shape index (κ2) is 10.9. The zero-order valence-electron chi connectivity index (χ0n) is 21.1. The topological polar surface area (TPSA) is 87.7 Å². The first-order valence-electron chi connectivity index (χ1n) is 12.6. The van der Waals surface area contributed by atoms with Gasteiger partial charge >= 0.3 is 0 Å². The van der Waals surface area contributed by atoms with E-state index in [4.69, 9.17) is 9.47 Å². The van der Waals surface area contributed by atoms with Crippen molar-refractivity contribution in [2.24, 2.45) is 0 Å². The number of ether oxygens (including phenoxy) is 2. The molecule has 0 aliphatic carbocycles. The van der Waals surface area contributed by atoms with Gasteiger partial charge in [-0.2, -0.15) is 5.10 Å². The van der Waals surface area contributed by atoms with Crippen LogP contribution in [-0.2, 0) is 11.3 Å². The maximum absolute atomic E-state index is 13.5. The predicted molar refractivity (Wildman–Crippen MR) is 141 cm³/mol. The number of phenolic OH excluding ortho intramolecular Hbond substituents is 1.